The molecular weight excluding hydrogens is 366 g/mol. The largest absolute Gasteiger partial charge is 0.507 e. The molecule has 0 radical (unpaired) electrons. The fourth-order valence-electron chi connectivity index (χ4n) is 1.54. The van der Waals surface area contributed by atoms with Crippen LogP contribution < -0.4 is 5.43 Å². The molecule has 1 aromatic heterocycles. The SMILES string of the molecule is C[C@@H](Sc1ccccn1)C(=O)N/N=C\c1cc(Br)ccc1O. The van der Waals surface area contributed by atoms with Crippen molar-refractivity contribution >= 4 is 39.8 Å². The van der Waals surface area contributed by atoms with E-state index in [2.05, 4.69) is 31.4 Å². The van der Waals surface area contributed by atoms with Crippen molar-refractivity contribution in [2.75, 3.05) is 0 Å². The molecule has 1 atom stereocenters. The number of carbonyl (C=O) groups is 1. The summed E-state index contributed by atoms with van der Waals surface area (Å²) in [6.07, 6.45) is 3.08. The molecule has 0 unspecified atom stereocenters. The number of aromatic hydroxyl groups is 1. The van der Waals surface area contributed by atoms with Gasteiger partial charge in [-0.2, -0.15) is 5.10 Å². The van der Waals surface area contributed by atoms with Crippen LogP contribution in [0, 0.1) is 0 Å². The Morgan fingerprint density at radius 2 is 2.27 bits per heavy atom. The highest BCUT2D eigenvalue weighted by atomic mass is 79.9. The smallest absolute Gasteiger partial charge is 0.253 e. The van der Waals surface area contributed by atoms with Gasteiger partial charge in [-0.15, -0.1) is 0 Å². The van der Waals surface area contributed by atoms with Gasteiger partial charge in [0.05, 0.1) is 16.5 Å². The quantitative estimate of drug-likeness (QED) is 0.475. The summed E-state index contributed by atoms with van der Waals surface area (Å²) in [6, 6.07) is 10.5. The topological polar surface area (TPSA) is 74.6 Å². The highest BCUT2D eigenvalue weighted by Crippen LogP contribution is 2.21. The van der Waals surface area contributed by atoms with Crippen LogP contribution in [0.2, 0.25) is 0 Å². The summed E-state index contributed by atoms with van der Waals surface area (Å²) in [7, 11) is 0. The number of benzene rings is 1. The Morgan fingerprint density at radius 3 is 3.00 bits per heavy atom. The van der Waals surface area contributed by atoms with Gasteiger partial charge in [-0.3, -0.25) is 4.79 Å². The Labute approximate surface area is 141 Å². The van der Waals surface area contributed by atoms with Crippen LogP contribution in [0.4, 0.5) is 0 Å². The number of hydrogen-bond donors (Lipinski definition) is 2. The van der Waals surface area contributed by atoms with Gasteiger partial charge in [0.25, 0.3) is 5.91 Å². The number of amides is 1. The van der Waals surface area contributed by atoms with E-state index < -0.39 is 0 Å². The van der Waals surface area contributed by atoms with Crippen molar-refractivity contribution in [2.45, 2.75) is 17.2 Å². The van der Waals surface area contributed by atoms with Crippen molar-refractivity contribution < 1.29 is 9.90 Å². The van der Waals surface area contributed by atoms with Crippen LogP contribution in [0.3, 0.4) is 0 Å². The third-order valence-corrected chi connectivity index (χ3v) is 4.22. The highest BCUT2D eigenvalue weighted by molar-refractivity contribution is 9.10. The van der Waals surface area contributed by atoms with Gasteiger partial charge in [0.2, 0.25) is 0 Å². The van der Waals surface area contributed by atoms with Gasteiger partial charge < -0.3 is 5.11 Å². The van der Waals surface area contributed by atoms with Gasteiger partial charge in [-0.25, -0.2) is 10.4 Å². The van der Waals surface area contributed by atoms with E-state index in [0.29, 0.717) is 5.56 Å². The van der Waals surface area contributed by atoms with Crippen molar-refractivity contribution in [3.05, 3.63) is 52.6 Å². The molecule has 0 aliphatic rings. The van der Waals surface area contributed by atoms with E-state index in [0.717, 1.165) is 9.50 Å². The summed E-state index contributed by atoms with van der Waals surface area (Å²) < 4.78 is 0.817. The van der Waals surface area contributed by atoms with E-state index in [1.165, 1.54) is 18.0 Å². The number of thioether (sulfide) groups is 1. The van der Waals surface area contributed by atoms with Gasteiger partial charge in [0.1, 0.15) is 5.75 Å². The first kappa shape index (κ1) is 16.5. The second-order valence-corrected chi connectivity index (χ2v) is 6.64. The minimum absolute atomic E-state index is 0.0945. The van der Waals surface area contributed by atoms with Crippen molar-refractivity contribution in [2.24, 2.45) is 5.10 Å². The normalized spacial score (nSPS) is 12.3. The number of hydrazone groups is 1. The number of phenols is 1. The van der Waals surface area contributed by atoms with Gasteiger partial charge >= 0.3 is 0 Å². The molecular formula is C15H14BrN3O2S. The van der Waals surface area contributed by atoms with Crippen LogP contribution in [0.25, 0.3) is 0 Å². The average Bonchev–Trinajstić information content (AvgIpc) is 2.51. The Bertz CT molecular complexity index is 680. The minimum atomic E-state index is -0.330. The zero-order valence-electron chi connectivity index (χ0n) is 11.7. The van der Waals surface area contributed by atoms with E-state index in [4.69, 9.17) is 0 Å². The van der Waals surface area contributed by atoms with Crippen molar-refractivity contribution in [1.82, 2.24) is 10.4 Å². The van der Waals surface area contributed by atoms with Gasteiger partial charge in [-0.1, -0.05) is 33.8 Å². The molecule has 114 valence electrons. The lowest BCUT2D eigenvalue weighted by atomic mass is 10.2. The van der Waals surface area contributed by atoms with Crippen LogP contribution in [-0.2, 0) is 4.79 Å². The summed E-state index contributed by atoms with van der Waals surface area (Å²) in [5.41, 5.74) is 2.97. The Hall–Kier alpha value is -1.86. The number of nitrogens with zero attached hydrogens (tertiary/aromatic N) is 2. The summed E-state index contributed by atoms with van der Waals surface area (Å²) in [5.74, 6) is -0.140. The van der Waals surface area contributed by atoms with Crippen LogP contribution in [0.1, 0.15) is 12.5 Å². The molecule has 0 fully saturated rings. The maximum absolute atomic E-state index is 11.9. The average molecular weight is 380 g/mol. The molecule has 0 saturated heterocycles. The number of aromatic nitrogens is 1. The molecule has 22 heavy (non-hydrogen) atoms. The Balaban J connectivity index is 1.91. The van der Waals surface area contributed by atoms with Gasteiger partial charge in [0.15, 0.2) is 0 Å². The van der Waals surface area contributed by atoms with Crippen LogP contribution >= 0.6 is 27.7 Å². The number of halogens is 1. The molecule has 1 aromatic carbocycles. The summed E-state index contributed by atoms with van der Waals surface area (Å²) in [4.78, 5) is 16.1. The first-order chi connectivity index (χ1) is 10.6. The fraction of sp³-hybridized carbons (Fsp3) is 0.133. The molecule has 5 nitrogen and oxygen atoms in total. The van der Waals surface area contributed by atoms with E-state index in [1.54, 1.807) is 31.3 Å². The third-order valence-electron chi connectivity index (χ3n) is 2.67. The zero-order valence-corrected chi connectivity index (χ0v) is 14.1. The molecule has 2 N–H and O–H groups in total. The molecule has 1 heterocycles. The standard InChI is InChI=1S/C15H14BrN3O2S/c1-10(22-14-4-2-3-7-17-14)15(21)19-18-9-11-8-12(16)5-6-13(11)20/h2-10,20H,1H3,(H,19,21)/b18-9-/t10-/m1/s1. The van der Waals surface area contributed by atoms with Gasteiger partial charge in [0, 0.05) is 16.2 Å². The molecule has 0 bridgehead atoms. The number of phenolic OH excluding ortho intramolecular Hbond substituents is 1. The number of hydrogen-bond acceptors (Lipinski definition) is 5. The number of carbonyl (C=O) groups excluding carboxylic acids is 1. The molecule has 2 aromatic rings. The molecule has 2 rings (SSSR count). The number of rotatable bonds is 5. The lowest BCUT2D eigenvalue weighted by Gasteiger charge is -2.08. The second kappa shape index (κ2) is 7.95. The van der Waals surface area contributed by atoms with Gasteiger partial charge in [-0.05, 0) is 37.3 Å². The second-order valence-electron chi connectivity index (χ2n) is 4.37. The van der Waals surface area contributed by atoms with E-state index in [9.17, 15) is 9.90 Å². The van der Waals surface area contributed by atoms with E-state index in [1.807, 2.05) is 18.2 Å². The number of pyridine rings is 1. The molecule has 1 amide bonds. The predicted octanol–water partition coefficient (Wildman–Crippen LogP) is 3.18. The van der Waals surface area contributed by atoms with Crippen molar-refractivity contribution in [3.63, 3.8) is 0 Å². The highest BCUT2D eigenvalue weighted by Gasteiger charge is 2.14. The maximum atomic E-state index is 11.9. The first-order valence-corrected chi connectivity index (χ1v) is 8.12. The minimum Gasteiger partial charge on any atom is -0.507 e. The molecule has 7 heteroatoms. The van der Waals surface area contributed by atoms with E-state index >= 15 is 0 Å². The monoisotopic (exact) mass is 379 g/mol. The van der Waals surface area contributed by atoms with Crippen LogP contribution in [0.5, 0.6) is 5.75 Å². The lowest BCUT2D eigenvalue weighted by molar-refractivity contribution is -0.120. The maximum Gasteiger partial charge on any atom is 0.253 e. The van der Waals surface area contributed by atoms with Crippen LogP contribution in [-0.4, -0.2) is 27.5 Å². The fourth-order valence-corrected chi connectivity index (χ4v) is 2.72. The number of nitrogens with one attached hydrogen (secondary N) is 1. The predicted molar refractivity (Wildman–Crippen MR) is 91.1 cm³/mol. The molecule has 0 aliphatic carbocycles. The molecule has 0 spiro atoms. The van der Waals surface area contributed by atoms with Crippen molar-refractivity contribution in [1.29, 1.82) is 0 Å². The zero-order chi connectivity index (χ0) is 15.9. The molecule has 0 aliphatic heterocycles. The summed E-state index contributed by atoms with van der Waals surface area (Å²) in [6.45, 7) is 1.78. The van der Waals surface area contributed by atoms with Crippen LogP contribution in [0.15, 0.2) is 57.2 Å². The lowest BCUT2D eigenvalue weighted by Crippen LogP contribution is -2.26. The summed E-state index contributed by atoms with van der Waals surface area (Å²) >= 11 is 4.66. The summed E-state index contributed by atoms with van der Waals surface area (Å²) in [5, 5.41) is 14.0. The molecule has 0 saturated carbocycles. The van der Waals surface area contributed by atoms with Crippen molar-refractivity contribution in [3.8, 4) is 5.75 Å². The Morgan fingerprint density at radius 1 is 1.45 bits per heavy atom. The third kappa shape index (κ3) is 4.85. The first-order valence-electron chi connectivity index (χ1n) is 6.45. The Kier molecular flexibility index (Phi) is 5.97. The van der Waals surface area contributed by atoms with E-state index in [-0.39, 0.29) is 16.9 Å².